The zero-order valence-electron chi connectivity index (χ0n) is 12.2. The van der Waals surface area contributed by atoms with Crippen molar-refractivity contribution in [2.24, 2.45) is 5.92 Å². The zero-order chi connectivity index (χ0) is 15.3. The van der Waals surface area contributed by atoms with Gasteiger partial charge in [-0.2, -0.15) is 4.31 Å². The fourth-order valence-electron chi connectivity index (χ4n) is 2.56. The van der Waals surface area contributed by atoms with Crippen LogP contribution in [-0.2, 0) is 14.8 Å². The fraction of sp³-hybridized carbons (Fsp3) is 0.643. The van der Waals surface area contributed by atoms with Crippen LogP contribution in [0.3, 0.4) is 0 Å². The number of thiophene rings is 1. The van der Waals surface area contributed by atoms with Crippen LogP contribution in [0.4, 0.5) is 0 Å². The topological polar surface area (TPSA) is 66.5 Å². The number of nitrogens with zero attached hydrogens (tertiary/aromatic N) is 1. The Balaban J connectivity index is 1.81. The molecule has 2 rings (SSSR count). The van der Waals surface area contributed by atoms with E-state index in [-0.39, 0.29) is 16.7 Å². The van der Waals surface area contributed by atoms with Crippen LogP contribution in [0, 0.1) is 5.92 Å². The van der Waals surface area contributed by atoms with Gasteiger partial charge in [0.25, 0.3) is 10.0 Å². The molecule has 21 heavy (non-hydrogen) atoms. The van der Waals surface area contributed by atoms with Gasteiger partial charge in [-0.15, -0.1) is 11.3 Å². The van der Waals surface area contributed by atoms with Crippen molar-refractivity contribution in [3.63, 3.8) is 0 Å². The van der Waals surface area contributed by atoms with Gasteiger partial charge in [0.05, 0.1) is 6.54 Å². The molecule has 0 unspecified atom stereocenters. The van der Waals surface area contributed by atoms with Gasteiger partial charge in [0.15, 0.2) is 0 Å². The molecule has 7 heteroatoms. The normalized spacial score (nSPS) is 17.0. The summed E-state index contributed by atoms with van der Waals surface area (Å²) in [6.07, 6.45) is 6.06. The van der Waals surface area contributed by atoms with E-state index in [0.29, 0.717) is 12.5 Å². The van der Waals surface area contributed by atoms with E-state index in [9.17, 15) is 13.2 Å². The minimum absolute atomic E-state index is 0.132. The smallest absolute Gasteiger partial charge is 0.252 e. The van der Waals surface area contributed by atoms with Crippen molar-refractivity contribution in [3.8, 4) is 0 Å². The number of sulfonamides is 1. The van der Waals surface area contributed by atoms with Crippen LogP contribution in [0.5, 0.6) is 0 Å². The quantitative estimate of drug-likeness (QED) is 0.868. The number of carbonyl (C=O) groups is 1. The molecule has 118 valence electrons. The molecule has 1 aliphatic carbocycles. The standard InChI is InChI=1S/C14H22N2O3S2/c1-16(21(18,19)14-8-5-9-20-14)11-13(17)15-10-12-6-3-2-4-7-12/h5,8-9,12H,2-4,6-7,10-11H2,1H3,(H,15,17). The molecule has 1 heterocycles. The highest BCUT2D eigenvalue weighted by Gasteiger charge is 2.24. The summed E-state index contributed by atoms with van der Waals surface area (Å²) >= 11 is 1.16. The van der Waals surface area contributed by atoms with Crippen molar-refractivity contribution in [1.82, 2.24) is 9.62 Å². The van der Waals surface area contributed by atoms with E-state index >= 15 is 0 Å². The lowest BCUT2D eigenvalue weighted by Crippen LogP contribution is -2.40. The van der Waals surface area contributed by atoms with Crippen LogP contribution in [-0.4, -0.2) is 38.8 Å². The lowest BCUT2D eigenvalue weighted by Gasteiger charge is -2.22. The maximum atomic E-state index is 12.2. The molecule has 1 fully saturated rings. The second-order valence-corrected chi connectivity index (χ2v) is 8.72. The van der Waals surface area contributed by atoms with Gasteiger partial charge in [0, 0.05) is 13.6 Å². The van der Waals surface area contributed by atoms with Crippen LogP contribution in [0.2, 0.25) is 0 Å². The molecule has 1 aromatic heterocycles. The average molecular weight is 330 g/mol. The molecular formula is C14H22N2O3S2. The molecule has 0 bridgehead atoms. The van der Waals surface area contributed by atoms with E-state index in [1.165, 1.54) is 26.3 Å². The number of rotatable bonds is 6. The Kier molecular flexibility index (Phi) is 5.78. The Morgan fingerprint density at radius 3 is 2.71 bits per heavy atom. The molecule has 5 nitrogen and oxygen atoms in total. The summed E-state index contributed by atoms with van der Waals surface area (Å²) in [6, 6.07) is 3.24. The molecule has 1 aliphatic rings. The first-order valence-electron chi connectivity index (χ1n) is 7.26. The molecule has 1 N–H and O–H groups in total. The summed E-state index contributed by atoms with van der Waals surface area (Å²) in [5, 5.41) is 4.57. The molecular weight excluding hydrogens is 308 g/mol. The van der Waals surface area contributed by atoms with Crippen LogP contribution >= 0.6 is 11.3 Å². The molecule has 1 amide bonds. The summed E-state index contributed by atoms with van der Waals surface area (Å²) in [4.78, 5) is 11.9. The van der Waals surface area contributed by atoms with Crippen LogP contribution in [0.25, 0.3) is 0 Å². The van der Waals surface area contributed by atoms with Crippen molar-refractivity contribution in [1.29, 1.82) is 0 Å². The first kappa shape index (κ1) is 16.5. The van der Waals surface area contributed by atoms with Crippen molar-refractivity contribution in [3.05, 3.63) is 17.5 Å². The molecule has 0 atom stereocenters. The van der Waals surface area contributed by atoms with E-state index in [1.54, 1.807) is 17.5 Å². The van der Waals surface area contributed by atoms with Gasteiger partial charge in [-0.3, -0.25) is 4.79 Å². The van der Waals surface area contributed by atoms with Crippen LogP contribution in [0.1, 0.15) is 32.1 Å². The van der Waals surface area contributed by atoms with Crippen molar-refractivity contribution < 1.29 is 13.2 Å². The van der Waals surface area contributed by atoms with Gasteiger partial charge in [0.2, 0.25) is 5.91 Å². The summed E-state index contributed by atoms with van der Waals surface area (Å²) < 4.78 is 25.8. The Morgan fingerprint density at radius 2 is 2.10 bits per heavy atom. The third kappa shape index (κ3) is 4.52. The number of likely N-dealkylation sites (N-methyl/N-ethyl adjacent to an activating group) is 1. The average Bonchev–Trinajstić information content (AvgIpc) is 3.01. The van der Waals surface area contributed by atoms with Gasteiger partial charge >= 0.3 is 0 Å². The monoisotopic (exact) mass is 330 g/mol. The fourth-order valence-corrected chi connectivity index (χ4v) is 4.88. The second kappa shape index (κ2) is 7.38. The predicted molar refractivity (Wildman–Crippen MR) is 83.7 cm³/mol. The maximum absolute atomic E-state index is 12.2. The lowest BCUT2D eigenvalue weighted by molar-refractivity contribution is -0.121. The van der Waals surface area contributed by atoms with E-state index in [1.807, 2.05) is 0 Å². The van der Waals surface area contributed by atoms with Gasteiger partial charge in [-0.25, -0.2) is 8.42 Å². The van der Waals surface area contributed by atoms with Gasteiger partial charge in [-0.1, -0.05) is 25.3 Å². The molecule has 0 spiro atoms. The Morgan fingerprint density at radius 1 is 1.38 bits per heavy atom. The van der Waals surface area contributed by atoms with E-state index in [4.69, 9.17) is 0 Å². The number of amides is 1. The zero-order valence-corrected chi connectivity index (χ0v) is 13.9. The van der Waals surface area contributed by atoms with E-state index in [2.05, 4.69) is 5.32 Å². The molecule has 0 aliphatic heterocycles. The minimum atomic E-state index is -3.54. The molecule has 0 saturated heterocycles. The highest BCUT2D eigenvalue weighted by Crippen LogP contribution is 2.23. The van der Waals surface area contributed by atoms with Crippen molar-refractivity contribution in [2.45, 2.75) is 36.3 Å². The predicted octanol–water partition coefficient (Wildman–Crippen LogP) is 2.07. The number of hydrogen-bond donors (Lipinski definition) is 1. The largest absolute Gasteiger partial charge is 0.355 e. The Bertz CT molecular complexity index is 549. The van der Waals surface area contributed by atoms with E-state index < -0.39 is 10.0 Å². The summed E-state index contributed by atoms with van der Waals surface area (Å²) in [7, 11) is -2.10. The summed E-state index contributed by atoms with van der Waals surface area (Å²) in [5.41, 5.74) is 0. The van der Waals surface area contributed by atoms with Crippen molar-refractivity contribution in [2.75, 3.05) is 20.1 Å². The first-order chi connectivity index (χ1) is 10.00. The summed E-state index contributed by atoms with van der Waals surface area (Å²) in [5.74, 6) is 0.310. The van der Waals surface area contributed by atoms with Gasteiger partial charge in [-0.05, 0) is 30.2 Å². The highest BCUT2D eigenvalue weighted by atomic mass is 32.2. The lowest BCUT2D eigenvalue weighted by atomic mass is 9.89. The Labute approximate surface area is 130 Å². The molecule has 0 aromatic carbocycles. The number of hydrogen-bond acceptors (Lipinski definition) is 4. The minimum Gasteiger partial charge on any atom is -0.355 e. The van der Waals surface area contributed by atoms with Gasteiger partial charge in [0.1, 0.15) is 4.21 Å². The molecule has 1 saturated carbocycles. The molecule has 1 aromatic rings. The maximum Gasteiger partial charge on any atom is 0.252 e. The number of nitrogens with one attached hydrogen (secondary N) is 1. The van der Waals surface area contributed by atoms with E-state index in [0.717, 1.165) is 28.5 Å². The SMILES string of the molecule is CN(CC(=O)NCC1CCCCC1)S(=O)(=O)c1cccs1. The van der Waals surface area contributed by atoms with Crippen LogP contribution in [0.15, 0.2) is 21.7 Å². The third-order valence-electron chi connectivity index (χ3n) is 3.84. The molecule has 0 radical (unpaired) electrons. The first-order valence-corrected chi connectivity index (χ1v) is 9.58. The van der Waals surface area contributed by atoms with Crippen molar-refractivity contribution >= 4 is 27.3 Å². The highest BCUT2D eigenvalue weighted by molar-refractivity contribution is 7.91. The Hall–Kier alpha value is -0.920. The number of carbonyl (C=O) groups excluding carboxylic acids is 1. The second-order valence-electron chi connectivity index (χ2n) is 5.50. The summed E-state index contributed by atoms with van der Waals surface area (Å²) in [6.45, 7) is 0.526. The third-order valence-corrected chi connectivity index (χ3v) is 7.01. The van der Waals surface area contributed by atoms with Gasteiger partial charge < -0.3 is 5.32 Å². The van der Waals surface area contributed by atoms with Crippen LogP contribution < -0.4 is 5.32 Å².